The fourth-order valence-electron chi connectivity index (χ4n) is 2.75. The van der Waals surface area contributed by atoms with Crippen molar-refractivity contribution in [3.05, 3.63) is 41.7 Å². The monoisotopic (exact) mass is 435 g/mol. The number of benzene rings is 1. The Morgan fingerprint density at radius 2 is 2.07 bits per heavy atom. The van der Waals surface area contributed by atoms with Crippen LogP contribution in [0.25, 0.3) is 6.08 Å². The van der Waals surface area contributed by atoms with Gasteiger partial charge >= 0.3 is 5.97 Å². The molecule has 162 valence electrons. The number of ether oxygens (including phenoxy) is 1. The minimum absolute atomic E-state index is 0.0542. The van der Waals surface area contributed by atoms with Crippen molar-refractivity contribution in [1.82, 2.24) is 15.5 Å². The highest BCUT2D eigenvalue weighted by atomic mass is 32.1. The molecule has 0 aliphatic carbocycles. The van der Waals surface area contributed by atoms with Gasteiger partial charge < -0.3 is 15.0 Å². The maximum Gasteiger partial charge on any atom is 0.308 e. The normalized spacial score (nSPS) is 16.5. The summed E-state index contributed by atoms with van der Waals surface area (Å²) < 4.78 is 18.1. The van der Waals surface area contributed by atoms with Gasteiger partial charge in [-0.3, -0.25) is 19.7 Å². The SMILES string of the molecule is CC(C)CCOC(=O)CC1C(=O)NCCN1C(=S)NC(=O)/C=C/c1ccc(F)cc1. The second kappa shape index (κ2) is 11.4. The molecule has 0 radical (unpaired) electrons. The first kappa shape index (κ1) is 23.5. The zero-order valence-electron chi connectivity index (χ0n) is 17.0. The van der Waals surface area contributed by atoms with E-state index in [4.69, 9.17) is 17.0 Å². The third-order valence-corrected chi connectivity index (χ3v) is 4.77. The van der Waals surface area contributed by atoms with Crippen LogP contribution >= 0.6 is 12.2 Å². The van der Waals surface area contributed by atoms with E-state index in [0.717, 1.165) is 6.42 Å². The molecule has 1 aromatic rings. The quantitative estimate of drug-likeness (QED) is 0.387. The van der Waals surface area contributed by atoms with Gasteiger partial charge in [0.25, 0.3) is 0 Å². The zero-order valence-corrected chi connectivity index (χ0v) is 17.8. The van der Waals surface area contributed by atoms with Crippen LogP contribution < -0.4 is 10.6 Å². The van der Waals surface area contributed by atoms with Crippen molar-refractivity contribution in [1.29, 1.82) is 0 Å². The lowest BCUT2D eigenvalue weighted by Gasteiger charge is -2.36. The van der Waals surface area contributed by atoms with Crippen molar-refractivity contribution in [3.8, 4) is 0 Å². The first-order valence-electron chi connectivity index (χ1n) is 9.75. The molecule has 0 aromatic heterocycles. The Labute approximate surface area is 180 Å². The third kappa shape index (κ3) is 7.55. The van der Waals surface area contributed by atoms with Crippen molar-refractivity contribution in [2.45, 2.75) is 32.7 Å². The van der Waals surface area contributed by atoms with Crippen LogP contribution in [0.1, 0.15) is 32.3 Å². The summed E-state index contributed by atoms with van der Waals surface area (Å²) in [6.45, 7) is 5.04. The molecule has 1 aliphatic heterocycles. The average molecular weight is 436 g/mol. The van der Waals surface area contributed by atoms with Crippen LogP contribution in [0.3, 0.4) is 0 Å². The van der Waals surface area contributed by atoms with Gasteiger partial charge in [0, 0.05) is 19.2 Å². The molecule has 1 atom stereocenters. The number of halogens is 1. The van der Waals surface area contributed by atoms with Crippen LogP contribution in [0.4, 0.5) is 4.39 Å². The van der Waals surface area contributed by atoms with Crippen LogP contribution in [0, 0.1) is 11.7 Å². The minimum atomic E-state index is -0.848. The van der Waals surface area contributed by atoms with E-state index >= 15 is 0 Å². The lowest BCUT2D eigenvalue weighted by molar-refractivity contribution is -0.147. The van der Waals surface area contributed by atoms with Gasteiger partial charge in [-0.1, -0.05) is 26.0 Å². The van der Waals surface area contributed by atoms with Gasteiger partial charge in [0.05, 0.1) is 13.0 Å². The summed E-state index contributed by atoms with van der Waals surface area (Å²) in [6.07, 6.45) is 3.36. The summed E-state index contributed by atoms with van der Waals surface area (Å²) in [7, 11) is 0. The molecular weight excluding hydrogens is 409 g/mol. The fraction of sp³-hybridized carbons (Fsp3) is 0.429. The molecule has 1 fully saturated rings. The summed E-state index contributed by atoms with van der Waals surface area (Å²) in [5.74, 6) is -1.30. The predicted molar refractivity (Wildman–Crippen MR) is 115 cm³/mol. The number of esters is 1. The lowest BCUT2D eigenvalue weighted by atomic mass is 10.1. The molecule has 1 unspecified atom stereocenters. The number of nitrogens with one attached hydrogen (secondary N) is 2. The van der Waals surface area contributed by atoms with E-state index < -0.39 is 17.9 Å². The highest BCUT2D eigenvalue weighted by molar-refractivity contribution is 7.80. The van der Waals surface area contributed by atoms with Crippen molar-refractivity contribution in [2.75, 3.05) is 19.7 Å². The van der Waals surface area contributed by atoms with Crippen LogP contribution in [0.15, 0.2) is 30.3 Å². The van der Waals surface area contributed by atoms with Crippen molar-refractivity contribution < 1.29 is 23.5 Å². The van der Waals surface area contributed by atoms with Gasteiger partial charge in [0.15, 0.2) is 5.11 Å². The summed E-state index contributed by atoms with van der Waals surface area (Å²) in [6, 6.07) is 4.80. The molecule has 1 aromatic carbocycles. The number of hydrogen-bond donors (Lipinski definition) is 2. The van der Waals surface area contributed by atoms with Gasteiger partial charge in [-0.05, 0) is 48.3 Å². The molecular formula is C21H26FN3O4S. The first-order chi connectivity index (χ1) is 14.3. The van der Waals surface area contributed by atoms with E-state index in [9.17, 15) is 18.8 Å². The molecule has 9 heteroatoms. The molecule has 30 heavy (non-hydrogen) atoms. The second-order valence-corrected chi connectivity index (χ2v) is 7.67. The Kier molecular flexibility index (Phi) is 8.91. The molecule has 2 amide bonds. The van der Waals surface area contributed by atoms with E-state index in [1.807, 2.05) is 13.8 Å². The number of amides is 2. The number of nitrogens with zero attached hydrogens (tertiary/aromatic N) is 1. The van der Waals surface area contributed by atoms with Gasteiger partial charge in [-0.15, -0.1) is 0 Å². The minimum Gasteiger partial charge on any atom is -0.466 e. The molecule has 0 saturated carbocycles. The van der Waals surface area contributed by atoms with E-state index in [1.54, 1.807) is 0 Å². The smallest absolute Gasteiger partial charge is 0.308 e. The fourth-order valence-corrected chi connectivity index (χ4v) is 3.07. The maximum absolute atomic E-state index is 12.9. The molecule has 0 bridgehead atoms. The molecule has 2 rings (SSSR count). The Morgan fingerprint density at radius 3 is 2.73 bits per heavy atom. The largest absolute Gasteiger partial charge is 0.466 e. The Balaban J connectivity index is 1.93. The molecule has 1 saturated heterocycles. The lowest BCUT2D eigenvalue weighted by Crippen LogP contribution is -2.60. The predicted octanol–water partition coefficient (Wildman–Crippen LogP) is 2.02. The Bertz CT molecular complexity index is 811. The van der Waals surface area contributed by atoms with E-state index in [0.29, 0.717) is 31.2 Å². The highest BCUT2D eigenvalue weighted by Crippen LogP contribution is 2.11. The number of carbonyl (C=O) groups excluding carboxylic acids is 3. The number of piperazine rings is 1. The summed E-state index contributed by atoms with van der Waals surface area (Å²) in [4.78, 5) is 38.1. The Hall–Kier alpha value is -2.81. The average Bonchev–Trinajstić information content (AvgIpc) is 2.68. The molecule has 1 aliphatic rings. The first-order valence-corrected chi connectivity index (χ1v) is 10.2. The molecule has 2 N–H and O–H groups in total. The van der Waals surface area contributed by atoms with Crippen molar-refractivity contribution in [2.24, 2.45) is 5.92 Å². The summed E-state index contributed by atoms with van der Waals surface area (Å²) >= 11 is 5.28. The van der Waals surface area contributed by atoms with Gasteiger partial charge in [0.1, 0.15) is 11.9 Å². The van der Waals surface area contributed by atoms with E-state index in [-0.39, 0.29) is 23.3 Å². The van der Waals surface area contributed by atoms with Gasteiger partial charge in [-0.25, -0.2) is 4.39 Å². The summed E-state index contributed by atoms with van der Waals surface area (Å²) in [5, 5.41) is 5.29. The van der Waals surface area contributed by atoms with E-state index in [1.165, 1.54) is 41.3 Å². The third-order valence-electron chi connectivity index (χ3n) is 4.44. The molecule has 7 nitrogen and oxygen atoms in total. The zero-order chi connectivity index (χ0) is 22.1. The van der Waals surface area contributed by atoms with E-state index in [2.05, 4.69) is 10.6 Å². The number of thiocarbonyl (C=S) groups is 1. The molecule has 1 heterocycles. The second-order valence-electron chi connectivity index (χ2n) is 7.29. The maximum atomic E-state index is 12.9. The van der Waals surface area contributed by atoms with Crippen LogP contribution in [0.5, 0.6) is 0 Å². The highest BCUT2D eigenvalue weighted by Gasteiger charge is 2.34. The van der Waals surface area contributed by atoms with Crippen LogP contribution in [0.2, 0.25) is 0 Å². The van der Waals surface area contributed by atoms with Gasteiger partial charge in [-0.2, -0.15) is 0 Å². The number of hydrogen-bond acceptors (Lipinski definition) is 5. The Morgan fingerprint density at radius 1 is 1.37 bits per heavy atom. The van der Waals surface area contributed by atoms with Crippen molar-refractivity contribution in [3.63, 3.8) is 0 Å². The topological polar surface area (TPSA) is 87.7 Å². The van der Waals surface area contributed by atoms with Crippen LogP contribution in [-0.4, -0.2) is 53.5 Å². The number of rotatable bonds is 7. The standard InChI is InChI=1S/C21H26FN3O4S/c1-14(2)9-12-29-19(27)13-17-20(28)23-10-11-25(17)21(30)24-18(26)8-5-15-3-6-16(22)7-4-15/h3-8,14,17H,9-13H2,1-2H3,(H,23,28)(H,24,26,30)/b8-5+. The molecule has 0 spiro atoms. The summed E-state index contributed by atoms with van der Waals surface area (Å²) in [5.41, 5.74) is 0.650. The van der Waals surface area contributed by atoms with Gasteiger partial charge in [0.2, 0.25) is 11.8 Å². The number of carbonyl (C=O) groups is 3. The van der Waals surface area contributed by atoms with Crippen molar-refractivity contribution >= 4 is 41.2 Å². The van der Waals surface area contributed by atoms with Crippen LogP contribution in [-0.2, 0) is 19.1 Å².